The summed E-state index contributed by atoms with van der Waals surface area (Å²) in [6.45, 7) is 3.20. The van der Waals surface area contributed by atoms with Gasteiger partial charge in [0, 0.05) is 44.7 Å². The van der Waals surface area contributed by atoms with Gasteiger partial charge < -0.3 is 9.80 Å². The Morgan fingerprint density at radius 2 is 2.10 bits per heavy atom. The molecule has 6 nitrogen and oxygen atoms in total. The summed E-state index contributed by atoms with van der Waals surface area (Å²) in [5.74, 6) is 0.177. The summed E-state index contributed by atoms with van der Waals surface area (Å²) >= 11 is 0. The molecule has 1 aliphatic heterocycles. The lowest BCUT2D eigenvalue weighted by molar-refractivity contribution is -0.130. The van der Waals surface area contributed by atoms with Crippen LogP contribution in [0.3, 0.4) is 0 Å². The van der Waals surface area contributed by atoms with E-state index in [1.165, 1.54) is 6.20 Å². The van der Waals surface area contributed by atoms with E-state index in [9.17, 15) is 9.59 Å². The maximum absolute atomic E-state index is 12.4. The van der Waals surface area contributed by atoms with Gasteiger partial charge in [0.2, 0.25) is 5.91 Å². The average Bonchev–Trinajstić information content (AvgIpc) is 2.98. The lowest BCUT2D eigenvalue weighted by atomic mass is 10.0. The third kappa shape index (κ3) is 2.39. The number of hydrogen-bond donors (Lipinski definition) is 0. The van der Waals surface area contributed by atoms with Gasteiger partial charge in [0.15, 0.2) is 0 Å². The van der Waals surface area contributed by atoms with Gasteiger partial charge in [0.05, 0.1) is 11.9 Å². The van der Waals surface area contributed by atoms with E-state index in [0.29, 0.717) is 18.8 Å². The molecule has 3 rings (SSSR count). The molecule has 2 fully saturated rings. The molecule has 0 aromatic carbocycles. The number of aromatic nitrogens is 2. The highest BCUT2D eigenvalue weighted by Crippen LogP contribution is 2.59. The van der Waals surface area contributed by atoms with E-state index >= 15 is 0 Å². The SMILES string of the molecule is Cc1cnc(C(=O)N2CCC3(CC3C(=O)N(C)C)C2)cn1. The Morgan fingerprint density at radius 1 is 1.33 bits per heavy atom. The molecule has 0 radical (unpaired) electrons. The molecular weight excluding hydrogens is 268 g/mol. The van der Waals surface area contributed by atoms with Crippen molar-refractivity contribution in [1.82, 2.24) is 19.8 Å². The maximum Gasteiger partial charge on any atom is 0.274 e. The van der Waals surface area contributed by atoms with Crippen LogP contribution in [0.5, 0.6) is 0 Å². The van der Waals surface area contributed by atoms with Gasteiger partial charge in [-0.15, -0.1) is 0 Å². The molecule has 0 bridgehead atoms. The Hall–Kier alpha value is -1.98. The fourth-order valence-electron chi connectivity index (χ4n) is 3.19. The summed E-state index contributed by atoms with van der Waals surface area (Å²) in [5, 5.41) is 0. The third-order valence-corrected chi connectivity index (χ3v) is 4.60. The molecule has 0 N–H and O–H groups in total. The summed E-state index contributed by atoms with van der Waals surface area (Å²) in [5.41, 5.74) is 1.19. The Morgan fingerprint density at radius 3 is 2.71 bits per heavy atom. The van der Waals surface area contributed by atoms with Crippen LogP contribution in [0.15, 0.2) is 12.4 Å². The first-order chi connectivity index (χ1) is 9.93. The molecule has 1 aromatic heterocycles. The Bertz CT molecular complexity index is 584. The van der Waals surface area contributed by atoms with E-state index in [0.717, 1.165) is 18.5 Å². The number of amides is 2. The molecule has 1 aliphatic carbocycles. The fourth-order valence-corrected chi connectivity index (χ4v) is 3.19. The molecule has 21 heavy (non-hydrogen) atoms. The second-order valence-corrected chi connectivity index (χ2v) is 6.37. The number of carbonyl (C=O) groups is 2. The van der Waals surface area contributed by atoms with E-state index in [1.54, 1.807) is 25.2 Å². The van der Waals surface area contributed by atoms with E-state index < -0.39 is 0 Å². The molecule has 2 amide bonds. The fraction of sp³-hybridized carbons (Fsp3) is 0.600. The van der Waals surface area contributed by atoms with Crippen molar-refractivity contribution >= 4 is 11.8 Å². The van der Waals surface area contributed by atoms with Crippen molar-refractivity contribution < 1.29 is 9.59 Å². The van der Waals surface area contributed by atoms with Crippen molar-refractivity contribution in [3.05, 3.63) is 23.8 Å². The molecule has 2 heterocycles. The quantitative estimate of drug-likeness (QED) is 0.804. The van der Waals surface area contributed by atoms with E-state index in [-0.39, 0.29) is 23.1 Å². The van der Waals surface area contributed by atoms with Crippen molar-refractivity contribution in [3.63, 3.8) is 0 Å². The Balaban J connectivity index is 1.67. The minimum Gasteiger partial charge on any atom is -0.349 e. The summed E-state index contributed by atoms with van der Waals surface area (Å²) < 4.78 is 0. The maximum atomic E-state index is 12.4. The monoisotopic (exact) mass is 288 g/mol. The standard InChI is InChI=1S/C15H20N4O2/c1-10-7-17-12(8-16-10)14(21)19-5-4-15(9-19)6-11(15)13(20)18(2)3/h7-8,11H,4-6,9H2,1-3H3. The second-order valence-electron chi connectivity index (χ2n) is 6.37. The van der Waals surface area contributed by atoms with E-state index in [1.807, 2.05) is 11.8 Å². The average molecular weight is 288 g/mol. The van der Waals surface area contributed by atoms with Gasteiger partial charge in [-0.1, -0.05) is 0 Å². The predicted molar refractivity (Wildman–Crippen MR) is 76.5 cm³/mol. The molecule has 112 valence electrons. The number of nitrogens with zero attached hydrogens (tertiary/aromatic N) is 4. The number of hydrogen-bond acceptors (Lipinski definition) is 4. The first-order valence-corrected chi connectivity index (χ1v) is 7.22. The van der Waals surface area contributed by atoms with Crippen LogP contribution in [-0.4, -0.2) is 58.8 Å². The zero-order chi connectivity index (χ0) is 15.2. The van der Waals surface area contributed by atoms with Gasteiger partial charge in [-0.05, 0) is 19.8 Å². The summed E-state index contributed by atoms with van der Waals surface area (Å²) in [7, 11) is 3.57. The topological polar surface area (TPSA) is 66.4 Å². The molecule has 1 aromatic rings. The Kier molecular flexibility index (Phi) is 3.19. The van der Waals surface area contributed by atoms with Crippen LogP contribution in [0.25, 0.3) is 0 Å². The molecule has 2 atom stereocenters. The molecule has 2 aliphatic rings. The molecule has 2 unspecified atom stereocenters. The summed E-state index contributed by atoms with van der Waals surface area (Å²) in [6.07, 6.45) is 4.93. The van der Waals surface area contributed by atoms with Crippen LogP contribution in [-0.2, 0) is 4.79 Å². The van der Waals surface area contributed by atoms with Gasteiger partial charge in [-0.2, -0.15) is 0 Å². The molecule has 1 saturated heterocycles. The molecular formula is C15H20N4O2. The highest BCUT2D eigenvalue weighted by Gasteiger charge is 2.61. The third-order valence-electron chi connectivity index (χ3n) is 4.60. The van der Waals surface area contributed by atoms with Crippen molar-refractivity contribution in [2.75, 3.05) is 27.2 Å². The van der Waals surface area contributed by atoms with Gasteiger partial charge in [0.25, 0.3) is 5.91 Å². The zero-order valence-corrected chi connectivity index (χ0v) is 12.7. The van der Waals surface area contributed by atoms with E-state index in [2.05, 4.69) is 9.97 Å². The van der Waals surface area contributed by atoms with Crippen molar-refractivity contribution in [1.29, 1.82) is 0 Å². The van der Waals surface area contributed by atoms with Crippen LogP contribution in [0.2, 0.25) is 0 Å². The number of aryl methyl sites for hydroxylation is 1. The first-order valence-electron chi connectivity index (χ1n) is 7.22. The van der Waals surface area contributed by atoms with Gasteiger partial charge in [0.1, 0.15) is 5.69 Å². The first kappa shape index (κ1) is 14.0. The molecule has 1 spiro atoms. The highest BCUT2D eigenvalue weighted by atomic mass is 16.2. The van der Waals surface area contributed by atoms with Crippen LogP contribution >= 0.6 is 0 Å². The van der Waals surface area contributed by atoms with Crippen LogP contribution in [0.4, 0.5) is 0 Å². The van der Waals surface area contributed by atoms with Gasteiger partial charge in [-0.25, -0.2) is 4.98 Å². The zero-order valence-electron chi connectivity index (χ0n) is 12.7. The Labute approximate surface area is 124 Å². The lowest BCUT2D eigenvalue weighted by Gasteiger charge is -2.17. The number of likely N-dealkylation sites (tertiary alicyclic amines) is 1. The minimum absolute atomic E-state index is 0.00907. The minimum atomic E-state index is -0.0812. The lowest BCUT2D eigenvalue weighted by Crippen LogP contribution is -2.31. The summed E-state index contributed by atoms with van der Waals surface area (Å²) in [4.78, 5) is 36.2. The predicted octanol–water partition coefficient (Wildman–Crippen LogP) is 0.725. The van der Waals surface area contributed by atoms with Crippen molar-refractivity contribution in [2.24, 2.45) is 11.3 Å². The normalized spacial score (nSPS) is 27.0. The molecule has 1 saturated carbocycles. The number of rotatable bonds is 2. The largest absolute Gasteiger partial charge is 0.349 e. The highest BCUT2D eigenvalue weighted by molar-refractivity contribution is 5.92. The molecule has 6 heteroatoms. The van der Waals surface area contributed by atoms with Gasteiger partial charge in [-0.3, -0.25) is 14.6 Å². The number of carbonyl (C=O) groups excluding carboxylic acids is 2. The smallest absolute Gasteiger partial charge is 0.274 e. The summed E-state index contributed by atoms with van der Waals surface area (Å²) in [6, 6.07) is 0. The van der Waals surface area contributed by atoms with Gasteiger partial charge >= 0.3 is 0 Å². The van der Waals surface area contributed by atoms with Crippen molar-refractivity contribution in [2.45, 2.75) is 19.8 Å². The van der Waals surface area contributed by atoms with Crippen LogP contribution < -0.4 is 0 Å². The van der Waals surface area contributed by atoms with Crippen molar-refractivity contribution in [3.8, 4) is 0 Å². The van der Waals surface area contributed by atoms with Crippen LogP contribution in [0, 0.1) is 18.3 Å². The van der Waals surface area contributed by atoms with Crippen LogP contribution in [0.1, 0.15) is 29.0 Å². The second kappa shape index (κ2) is 4.79. The van der Waals surface area contributed by atoms with E-state index in [4.69, 9.17) is 0 Å².